The third-order valence-corrected chi connectivity index (χ3v) is 5.37. The SMILES string of the molecule is CC[C@H]1C[C@@H](c2ccccc2)N(C(=O)NC(C)/C=C/S(C)(=O)=O)C[C@@H]1F. The molecule has 0 radical (unpaired) electrons. The second-order valence-electron chi connectivity index (χ2n) is 6.90. The molecule has 1 aliphatic rings. The van der Waals surface area contributed by atoms with E-state index >= 15 is 0 Å². The van der Waals surface area contributed by atoms with Gasteiger partial charge in [-0.2, -0.15) is 0 Å². The van der Waals surface area contributed by atoms with Crippen LogP contribution in [0.5, 0.6) is 0 Å². The van der Waals surface area contributed by atoms with Crippen LogP contribution in [-0.2, 0) is 9.84 Å². The summed E-state index contributed by atoms with van der Waals surface area (Å²) in [4.78, 5) is 14.2. The Kier molecular flexibility index (Phi) is 6.81. The van der Waals surface area contributed by atoms with E-state index in [-0.39, 0.29) is 24.5 Å². The summed E-state index contributed by atoms with van der Waals surface area (Å²) in [5.41, 5.74) is 0.979. The molecule has 4 atom stereocenters. The average molecular weight is 383 g/mol. The summed E-state index contributed by atoms with van der Waals surface area (Å²) in [5.74, 6) is -0.0770. The van der Waals surface area contributed by atoms with Crippen molar-refractivity contribution in [2.24, 2.45) is 5.92 Å². The van der Waals surface area contributed by atoms with Crippen LogP contribution in [0.4, 0.5) is 9.18 Å². The number of benzene rings is 1. The second kappa shape index (κ2) is 8.66. The average Bonchev–Trinajstić information content (AvgIpc) is 2.60. The van der Waals surface area contributed by atoms with Crippen LogP contribution in [0.25, 0.3) is 0 Å². The van der Waals surface area contributed by atoms with E-state index in [2.05, 4.69) is 5.32 Å². The van der Waals surface area contributed by atoms with Crippen LogP contribution in [0.2, 0.25) is 0 Å². The van der Waals surface area contributed by atoms with Gasteiger partial charge < -0.3 is 10.2 Å². The quantitative estimate of drug-likeness (QED) is 0.848. The Morgan fingerprint density at radius 2 is 2.04 bits per heavy atom. The molecule has 7 heteroatoms. The maximum absolute atomic E-state index is 14.5. The van der Waals surface area contributed by atoms with Gasteiger partial charge in [0.25, 0.3) is 0 Å². The monoisotopic (exact) mass is 382 g/mol. The molecule has 0 aromatic heterocycles. The van der Waals surface area contributed by atoms with Gasteiger partial charge in [-0.1, -0.05) is 49.8 Å². The lowest BCUT2D eigenvalue weighted by Gasteiger charge is -2.41. The summed E-state index contributed by atoms with van der Waals surface area (Å²) in [6.07, 6.45) is 2.74. The van der Waals surface area contributed by atoms with Crippen molar-refractivity contribution in [2.45, 2.75) is 44.9 Å². The second-order valence-corrected chi connectivity index (χ2v) is 8.83. The van der Waals surface area contributed by atoms with Gasteiger partial charge in [0, 0.05) is 17.7 Å². The van der Waals surface area contributed by atoms with Crippen LogP contribution in [-0.4, -0.2) is 44.4 Å². The molecular weight excluding hydrogens is 355 g/mol. The molecular formula is C19H27FN2O3S. The first-order valence-corrected chi connectivity index (χ1v) is 10.8. The molecule has 1 aliphatic heterocycles. The summed E-state index contributed by atoms with van der Waals surface area (Å²) < 4.78 is 36.9. The number of nitrogens with one attached hydrogen (secondary N) is 1. The highest BCUT2D eigenvalue weighted by atomic mass is 32.2. The largest absolute Gasteiger partial charge is 0.332 e. The molecule has 144 valence electrons. The fourth-order valence-corrected chi connectivity index (χ4v) is 3.77. The lowest BCUT2D eigenvalue weighted by atomic mass is 9.84. The predicted molar refractivity (Wildman–Crippen MR) is 101 cm³/mol. The lowest BCUT2D eigenvalue weighted by Crippen LogP contribution is -2.51. The topological polar surface area (TPSA) is 66.5 Å². The molecule has 0 bridgehead atoms. The van der Waals surface area contributed by atoms with Crippen LogP contribution < -0.4 is 5.32 Å². The molecule has 1 unspecified atom stereocenters. The number of carbonyl (C=O) groups is 1. The van der Waals surface area contributed by atoms with Gasteiger partial charge in [0.1, 0.15) is 6.17 Å². The fourth-order valence-electron chi connectivity index (χ4n) is 3.25. The van der Waals surface area contributed by atoms with Gasteiger partial charge in [0.15, 0.2) is 9.84 Å². The third kappa shape index (κ3) is 5.56. The Labute approximate surface area is 155 Å². The van der Waals surface area contributed by atoms with Gasteiger partial charge in [0.2, 0.25) is 0 Å². The maximum atomic E-state index is 14.5. The Morgan fingerprint density at radius 1 is 1.38 bits per heavy atom. The summed E-state index contributed by atoms with van der Waals surface area (Å²) in [7, 11) is -3.26. The van der Waals surface area contributed by atoms with E-state index in [1.165, 1.54) is 11.0 Å². The zero-order valence-electron chi connectivity index (χ0n) is 15.4. The first-order valence-electron chi connectivity index (χ1n) is 8.85. The number of carbonyl (C=O) groups excluding carboxylic acids is 1. The molecule has 1 N–H and O–H groups in total. The van der Waals surface area contributed by atoms with E-state index < -0.39 is 22.1 Å². The van der Waals surface area contributed by atoms with E-state index in [0.29, 0.717) is 6.42 Å². The molecule has 1 heterocycles. The predicted octanol–water partition coefficient (Wildman–Crippen LogP) is 3.45. The molecule has 0 aliphatic carbocycles. The minimum Gasteiger partial charge on any atom is -0.332 e. The molecule has 2 amide bonds. The van der Waals surface area contributed by atoms with Crippen molar-refractivity contribution >= 4 is 15.9 Å². The minimum atomic E-state index is -3.26. The molecule has 5 nitrogen and oxygen atoms in total. The van der Waals surface area contributed by atoms with Crippen molar-refractivity contribution in [3.05, 3.63) is 47.4 Å². The first-order chi connectivity index (χ1) is 12.2. The van der Waals surface area contributed by atoms with E-state index in [1.54, 1.807) is 6.92 Å². The Bertz CT molecular complexity index is 736. The number of amides is 2. The number of likely N-dealkylation sites (tertiary alicyclic amines) is 1. The van der Waals surface area contributed by atoms with Gasteiger partial charge >= 0.3 is 6.03 Å². The summed E-state index contributed by atoms with van der Waals surface area (Å²) in [6, 6.07) is 8.56. The van der Waals surface area contributed by atoms with E-state index in [1.807, 2.05) is 37.3 Å². The minimum absolute atomic E-state index is 0.0341. The smallest absolute Gasteiger partial charge is 0.318 e. The number of hydrogen-bond acceptors (Lipinski definition) is 3. The zero-order valence-corrected chi connectivity index (χ0v) is 16.2. The van der Waals surface area contributed by atoms with Crippen molar-refractivity contribution in [1.82, 2.24) is 10.2 Å². The highest BCUT2D eigenvalue weighted by Crippen LogP contribution is 2.37. The molecule has 0 saturated carbocycles. The van der Waals surface area contributed by atoms with E-state index in [0.717, 1.165) is 23.6 Å². The molecule has 0 spiro atoms. The molecule has 1 saturated heterocycles. The summed E-state index contributed by atoms with van der Waals surface area (Å²) >= 11 is 0. The number of hydrogen-bond donors (Lipinski definition) is 1. The Hall–Kier alpha value is -1.89. The Morgan fingerprint density at radius 3 is 2.62 bits per heavy atom. The first kappa shape index (κ1) is 20.4. The molecule has 1 aromatic rings. The zero-order chi connectivity index (χ0) is 19.3. The lowest BCUT2D eigenvalue weighted by molar-refractivity contribution is 0.0581. The summed E-state index contributed by atoms with van der Waals surface area (Å²) in [5, 5.41) is 3.81. The number of piperidine rings is 1. The van der Waals surface area contributed by atoms with Crippen molar-refractivity contribution < 1.29 is 17.6 Å². The van der Waals surface area contributed by atoms with E-state index in [9.17, 15) is 17.6 Å². The fraction of sp³-hybridized carbons (Fsp3) is 0.526. The third-order valence-electron chi connectivity index (χ3n) is 4.72. The van der Waals surface area contributed by atoms with Crippen molar-refractivity contribution in [3.63, 3.8) is 0 Å². The normalized spacial score (nSPS) is 25.2. The number of nitrogens with zero attached hydrogens (tertiary/aromatic N) is 1. The van der Waals surface area contributed by atoms with Gasteiger partial charge in [0.05, 0.1) is 12.6 Å². The number of alkyl halides is 1. The molecule has 26 heavy (non-hydrogen) atoms. The number of sulfone groups is 1. The van der Waals surface area contributed by atoms with Crippen molar-refractivity contribution in [3.8, 4) is 0 Å². The molecule has 1 aromatic carbocycles. The highest BCUT2D eigenvalue weighted by molar-refractivity contribution is 7.93. The number of urea groups is 1. The Balaban J connectivity index is 2.17. The van der Waals surface area contributed by atoms with Gasteiger partial charge in [-0.05, 0) is 24.8 Å². The van der Waals surface area contributed by atoms with Gasteiger partial charge in [-0.3, -0.25) is 0 Å². The number of halogens is 1. The van der Waals surface area contributed by atoms with Crippen molar-refractivity contribution in [2.75, 3.05) is 12.8 Å². The molecule has 2 rings (SSSR count). The van der Waals surface area contributed by atoms with Crippen LogP contribution in [0.3, 0.4) is 0 Å². The number of rotatable bonds is 5. The van der Waals surface area contributed by atoms with Crippen LogP contribution in [0, 0.1) is 5.92 Å². The van der Waals surface area contributed by atoms with Crippen LogP contribution in [0.15, 0.2) is 41.8 Å². The standard InChI is InChI=1S/C19H27FN2O3S/c1-4-15-12-18(16-8-6-5-7-9-16)22(13-17(15)20)19(23)21-14(2)10-11-26(3,24)25/h5-11,14-15,17-18H,4,12-13H2,1-3H3,(H,21,23)/b11-10+/t14?,15-,17-,18-/m0/s1. The van der Waals surface area contributed by atoms with Crippen molar-refractivity contribution in [1.29, 1.82) is 0 Å². The van der Waals surface area contributed by atoms with E-state index in [4.69, 9.17) is 0 Å². The van der Waals surface area contributed by atoms with Gasteiger partial charge in [-0.25, -0.2) is 17.6 Å². The highest BCUT2D eigenvalue weighted by Gasteiger charge is 2.38. The summed E-state index contributed by atoms with van der Waals surface area (Å²) in [6.45, 7) is 3.68. The maximum Gasteiger partial charge on any atom is 0.318 e. The van der Waals surface area contributed by atoms with Gasteiger partial charge in [-0.15, -0.1) is 0 Å². The van der Waals surface area contributed by atoms with Crippen LogP contribution in [0.1, 0.15) is 38.3 Å². The molecule has 1 fully saturated rings. The van der Waals surface area contributed by atoms with Crippen LogP contribution >= 0.6 is 0 Å².